The number of aryl methyl sites for hydroxylation is 1. The molecule has 0 radical (unpaired) electrons. The molecule has 0 saturated carbocycles. The molecule has 0 unspecified atom stereocenters. The van der Waals surface area contributed by atoms with Gasteiger partial charge in [0.15, 0.2) is 0 Å². The summed E-state index contributed by atoms with van der Waals surface area (Å²) in [5.74, 6) is 0. The Kier molecular flexibility index (Phi) is 6.77. The van der Waals surface area contributed by atoms with Crippen LogP contribution in [0.1, 0.15) is 44.4 Å². The van der Waals surface area contributed by atoms with E-state index in [1.165, 1.54) is 0 Å². The molecule has 164 valence electrons. The highest BCUT2D eigenvalue weighted by Crippen LogP contribution is 2.38. The summed E-state index contributed by atoms with van der Waals surface area (Å²) < 4.78 is 17.7. The van der Waals surface area contributed by atoms with Gasteiger partial charge in [0.05, 0.1) is 11.2 Å². The molecule has 0 aromatic heterocycles. The summed E-state index contributed by atoms with van der Waals surface area (Å²) in [6.45, 7) is 10.4. The van der Waals surface area contributed by atoms with Crippen LogP contribution in [0.15, 0.2) is 54.0 Å². The largest absolute Gasteiger partial charge is 0.492 e. The number of hydrogen-bond donors (Lipinski definition) is 2. The summed E-state index contributed by atoms with van der Waals surface area (Å²) in [6.07, 6.45) is 1.44. The molecular weight excluding hydrogens is 391 g/mol. The predicted molar refractivity (Wildman–Crippen MR) is 124 cm³/mol. The van der Waals surface area contributed by atoms with Crippen molar-refractivity contribution in [2.45, 2.75) is 52.4 Å². The lowest BCUT2D eigenvalue weighted by Crippen LogP contribution is -2.41. The normalized spacial score (nSPS) is 17.5. The van der Waals surface area contributed by atoms with E-state index in [2.05, 4.69) is 5.32 Å². The van der Waals surface area contributed by atoms with E-state index >= 15 is 0 Å². The van der Waals surface area contributed by atoms with Crippen molar-refractivity contribution < 1.29 is 18.8 Å². The van der Waals surface area contributed by atoms with Crippen LogP contribution in [0.4, 0.5) is 10.5 Å². The highest BCUT2D eigenvalue weighted by atomic mass is 16.7. The van der Waals surface area contributed by atoms with Crippen molar-refractivity contribution in [2.75, 3.05) is 12.3 Å². The Balaban J connectivity index is 1.74. The quantitative estimate of drug-likeness (QED) is 0.529. The summed E-state index contributed by atoms with van der Waals surface area (Å²) in [5.41, 5.74) is 9.38. The summed E-state index contributed by atoms with van der Waals surface area (Å²) >= 11 is 0. The molecule has 7 heteroatoms. The number of nitrogens with one attached hydrogen (secondary N) is 1. The van der Waals surface area contributed by atoms with Gasteiger partial charge in [-0.15, -0.1) is 0 Å². The Morgan fingerprint density at radius 1 is 1.10 bits per heavy atom. The Hall–Kier alpha value is -2.77. The zero-order valence-corrected chi connectivity index (χ0v) is 18.9. The second-order valence-corrected chi connectivity index (χ2v) is 8.90. The van der Waals surface area contributed by atoms with Crippen LogP contribution >= 0.6 is 0 Å². The monoisotopic (exact) mass is 422 g/mol. The third-order valence-electron chi connectivity index (χ3n) is 5.68. The van der Waals surface area contributed by atoms with Crippen LogP contribution < -0.4 is 11.1 Å². The fourth-order valence-electron chi connectivity index (χ4n) is 3.29. The fraction of sp³-hybridized carbons (Fsp3) is 0.375. The maximum Gasteiger partial charge on any atom is 0.492 e. The predicted octanol–water partition coefficient (Wildman–Crippen LogP) is 4.52. The number of nitrogen functional groups attached to an aromatic ring is 1. The molecule has 1 aliphatic rings. The molecule has 3 rings (SSSR count). The maximum atomic E-state index is 12.3. The molecule has 1 fully saturated rings. The highest BCUT2D eigenvalue weighted by molar-refractivity contribution is 6.56. The minimum Gasteiger partial charge on any atom is -0.445 e. The van der Waals surface area contributed by atoms with E-state index in [1.807, 2.05) is 89.2 Å². The van der Waals surface area contributed by atoms with Gasteiger partial charge in [-0.05, 0) is 68.9 Å². The summed E-state index contributed by atoms with van der Waals surface area (Å²) in [7, 11) is -0.596. The SMILES string of the molecule is Cc1cc(N)cc(C=C(CNC(=O)OCc2ccccc2)B2OC(C)(C)C(C)(C)O2)c1. The molecule has 0 bridgehead atoms. The van der Waals surface area contributed by atoms with Crippen molar-refractivity contribution in [3.05, 3.63) is 70.7 Å². The van der Waals surface area contributed by atoms with Gasteiger partial charge in [-0.2, -0.15) is 0 Å². The second-order valence-electron chi connectivity index (χ2n) is 8.90. The van der Waals surface area contributed by atoms with Gasteiger partial charge >= 0.3 is 13.2 Å². The van der Waals surface area contributed by atoms with Gasteiger partial charge < -0.3 is 25.1 Å². The minimum atomic E-state index is -0.596. The van der Waals surface area contributed by atoms with Crippen molar-refractivity contribution >= 4 is 25.0 Å². The molecule has 1 aliphatic heterocycles. The zero-order chi connectivity index (χ0) is 22.6. The third-order valence-corrected chi connectivity index (χ3v) is 5.68. The number of benzene rings is 2. The first kappa shape index (κ1) is 22.9. The Labute approximate surface area is 184 Å². The molecule has 0 atom stereocenters. The highest BCUT2D eigenvalue weighted by Gasteiger charge is 2.52. The van der Waals surface area contributed by atoms with Gasteiger partial charge in [0.1, 0.15) is 6.61 Å². The molecule has 2 aromatic carbocycles. The van der Waals surface area contributed by atoms with E-state index in [1.54, 1.807) is 0 Å². The lowest BCUT2D eigenvalue weighted by Gasteiger charge is -2.32. The van der Waals surface area contributed by atoms with Crippen molar-refractivity contribution in [1.29, 1.82) is 0 Å². The molecule has 31 heavy (non-hydrogen) atoms. The first-order valence-electron chi connectivity index (χ1n) is 10.4. The molecule has 1 saturated heterocycles. The number of alkyl carbamates (subject to hydrolysis) is 1. The van der Waals surface area contributed by atoms with E-state index in [0.29, 0.717) is 5.69 Å². The van der Waals surface area contributed by atoms with E-state index < -0.39 is 24.4 Å². The third kappa shape index (κ3) is 5.90. The average Bonchev–Trinajstić information content (AvgIpc) is 2.90. The van der Waals surface area contributed by atoms with Crippen LogP contribution in [0, 0.1) is 6.92 Å². The van der Waals surface area contributed by atoms with Crippen LogP contribution in [0.2, 0.25) is 0 Å². The van der Waals surface area contributed by atoms with Gasteiger partial charge in [0.25, 0.3) is 0 Å². The second kappa shape index (κ2) is 9.16. The standard InChI is InChI=1S/C24H31BN2O4/c1-17-11-19(14-21(26)12-17)13-20(25-30-23(2,3)24(4,5)31-25)15-27-22(28)29-16-18-9-7-6-8-10-18/h6-14H,15-16,26H2,1-5H3,(H,27,28). The van der Waals surface area contributed by atoms with E-state index in [-0.39, 0.29) is 13.2 Å². The van der Waals surface area contributed by atoms with Crippen LogP contribution in [0.3, 0.4) is 0 Å². The summed E-state index contributed by atoms with van der Waals surface area (Å²) in [5, 5.41) is 2.81. The smallest absolute Gasteiger partial charge is 0.445 e. The first-order chi connectivity index (χ1) is 14.6. The molecule has 6 nitrogen and oxygen atoms in total. The molecule has 1 amide bonds. The van der Waals surface area contributed by atoms with Crippen LogP contribution in [0.5, 0.6) is 0 Å². The molecule has 0 aliphatic carbocycles. The minimum absolute atomic E-state index is 0.205. The van der Waals surface area contributed by atoms with Crippen molar-refractivity contribution in [2.24, 2.45) is 0 Å². The molecule has 3 N–H and O–H groups in total. The number of amides is 1. The molecule has 2 aromatic rings. The van der Waals surface area contributed by atoms with E-state index in [4.69, 9.17) is 19.8 Å². The van der Waals surface area contributed by atoms with Crippen LogP contribution in [-0.4, -0.2) is 31.0 Å². The number of carbonyl (C=O) groups is 1. The number of rotatable bonds is 6. The van der Waals surface area contributed by atoms with Crippen molar-refractivity contribution in [3.63, 3.8) is 0 Å². The molecule has 1 heterocycles. The molecular formula is C24H31BN2O4. The fourth-order valence-corrected chi connectivity index (χ4v) is 3.29. The lowest BCUT2D eigenvalue weighted by atomic mass is 9.77. The average molecular weight is 422 g/mol. The Bertz CT molecular complexity index is 921. The van der Waals surface area contributed by atoms with Crippen molar-refractivity contribution in [3.8, 4) is 0 Å². The number of carbonyl (C=O) groups excluding carboxylic acids is 1. The topological polar surface area (TPSA) is 82.8 Å². The van der Waals surface area contributed by atoms with Gasteiger partial charge in [-0.1, -0.05) is 42.5 Å². The van der Waals surface area contributed by atoms with E-state index in [9.17, 15) is 4.79 Å². The zero-order valence-electron chi connectivity index (χ0n) is 18.9. The van der Waals surface area contributed by atoms with Gasteiger partial charge in [-0.25, -0.2) is 4.79 Å². The summed E-state index contributed by atoms with van der Waals surface area (Å²) in [4.78, 5) is 12.3. The number of nitrogens with two attached hydrogens (primary N) is 1. The lowest BCUT2D eigenvalue weighted by molar-refractivity contribution is 0.00578. The van der Waals surface area contributed by atoms with Gasteiger partial charge in [0, 0.05) is 12.2 Å². The summed E-state index contributed by atoms with van der Waals surface area (Å²) in [6, 6.07) is 15.4. The van der Waals surface area contributed by atoms with Crippen molar-refractivity contribution in [1.82, 2.24) is 5.32 Å². The van der Waals surface area contributed by atoms with Crippen LogP contribution in [0.25, 0.3) is 6.08 Å². The Morgan fingerprint density at radius 3 is 2.35 bits per heavy atom. The number of ether oxygens (including phenoxy) is 1. The van der Waals surface area contributed by atoms with E-state index in [0.717, 1.165) is 22.2 Å². The van der Waals surface area contributed by atoms with Gasteiger partial charge in [-0.3, -0.25) is 0 Å². The number of anilines is 1. The molecule has 0 spiro atoms. The Morgan fingerprint density at radius 2 is 1.74 bits per heavy atom. The van der Waals surface area contributed by atoms with Crippen LogP contribution in [-0.2, 0) is 20.7 Å². The maximum absolute atomic E-state index is 12.3. The number of hydrogen-bond acceptors (Lipinski definition) is 5. The first-order valence-corrected chi connectivity index (χ1v) is 10.4. The van der Waals surface area contributed by atoms with Gasteiger partial charge in [0.2, 0.25) is 0 Å².